The third-order valence-corrected chi connectivity index (χ3v) is 12.4. The molecule has 0 fully saturated rings. The second kappa shape index (κ2) is 18.4. The van der Waals surface area contributed by atoms with E-state index in [9.17, 15) is 19.2 Å². The molecule has 2 aliphatic heterocycles. The highest BCUT2D eigenvalue weighted by atomic mass is 79.9. The van der Waals surface area contributed by atoms with Crippen molar-refractivity contribution in [3.8, 4) is 28.0 Å². The minimum absolute atomic E-state index is 0.181. The van der Waals surface area contributed by atoms with Crippen molar-refractivity contribution in [2.24, 2.45) is 0 Å². The van der Waals surface area contributed by atoms with Gasteiger partial charge in [-0.3, -0.25) is 9.97 Å². The molecule has 0 aliphatic carbocycles. The van der Waals surface area contributed by atoms with Gasteiger partial charge in [-0.25, -0.2) is 19.2 Å². The number of hydrogen-bond donors (Lipinski definition) is 2. The van der Waals surface area contributed by atoms with E-state index in [-0.39, 0.29) is 22.3 Å². The second-order valence-corrected chi connectivity index (χ2v) is 24.6. The van der Waals surface area contributed by atoms with Crippen molar-refractivity contribution in [2.75, 3.05) is 7.11 Å². The monoisotopic (exact) mass is 1030 g/mol. The predicted octanol–water partition coefficient (Wildman–Crippen LogP) is 13.3. The van der Waals surface area contributed by atoms with Crippen LogP contribution in [0, 0.1) is 0 Å². The molecule has 0 saturated heterocycles. The number of methoxy groups -OCH3 is 1. The molecule has 0 atom stereocenters. The zero-order valence-electron chi connectivity index (χ0n) is 44.1. The van der Waals surface area contributed by atoms with E-state index >= 15 is 0 Å². The molecule has 0 radical (unpaired) electrons. The maximum atomic E-state index is 13.8. The molecule has 5 aromatic rings. The van der Waals surface area contributed by atoms with Crippen LogP contribution in [0.5, 0.6) is 5.75 Å². The standard InChI is InChI=1S/C57H67BrN4O9/c1-52(2,3)68-48(63)32-18-30(19-33(22-32)49(64)69-53(4,5)6)38-24-36-26-43-57(15,16)29-41(62-43)47(67-17)46-39(25-37(60-46)27-42-56(13,14)28-40(61-42)44(58)45(38)59-36)31-20-34(50(65)70-54(7,8)9)23-35(21-31)51(66)71-55(10,11)12/h18-27,59-60H,28-29H2,1-17H3. The van der Waals surface area contributed by atoms with Crippen molar-refractivity contribution in [1.82, 2.24) is 19.9 Å². The normalized spacial score (nSPS) is 14.7. The molecule has 0 spiro atoms. The zero-order chi connectivity index (χ0) is 52.6. The summed E-state index contributed by atoms with van der Waals surface area (Å²) in [7, 11) is 1.60. The average Bonchev–Trinajstić information content (AvgIpc) is 3.98. The van der Waals surface area contributed by atoms with Crippen LogP contribution in [0.3, 0.4) is 0 Å². The smallest absolute Gasteiger partial charge is 0.338 e. The zero-order valence-corrected chi connectivity index (χ0v) is 45.7. The summed E-state index contributed by atoms with van der Waals surface area (Å²) < 4.78 is 30.3. The van der Waals surface area contributed by atoms with Crippen LogP contribution in [0.2, 0.25) is 0 Å². The van der Waals surface area contributed by atoms with Gasteiger partial charge in [0.05, 0.1) is 56.3 Å². The molecule has 71 heavy (non-hydrogen) atoms. The maximum Gasteiger partial charge on any atom is 0.338 e. The molecule has 2 aromatic carbocycles. The van der Waals surface area contributed by atoms with Gasteiger partial charge in [-0.05, 0) is 171 Å². The van der Waals surface area contributed by atoms with Gasteiger partial charge in [0, 0.05) is 57.2 Å². The minimum atomic E-state index is -0.796. The first-order valence-corrected chi connectivity index (χ1v) is 24.6. The van der Waals surface area contributed by atoms with E-state index in [1.165, 1.54) is 12.1 Å². The van der Waals surface area contributed by atoms with Gasteiger partial charge in [-0.15, -0.1) is 0 Å². The molecular weight excluding hydrogens is 965 g/mol. The van der Waals surface area contributed by atoms with E-state index in [1.54, 1.807) is 114 Å². The van der Waals surface area contributed by atoms with Crippen LogP contribution in [0.25, 0.3) is 44.3 Å². The lowest BCUT2D eigenvalue weighted by molar-refractivity contribution is 0.00465. The first kappa shape index (κ1) is 52.5. The quantitative estimate of drug-likeness (QED) is 0.117. The fourth-order valence-corrected chi connectivity index (χ4v) is 9.05. The fraction of sp³-hybridized carbons (Fsp3) is 0.439. The van der Waals surface area contributed by atoms with Gasteiger partial charge in [0.15, 0.2) is 5.75 Å². The number of hydrogen-bond acceptors (Lipinski definition) is 11. The number of nitrogens with zero attached hydrogens (tertiary/aromatic N) is 2. The fourth-order valence-electron chi connectivity index (χ4n) is 8.51. The highest BCUT2D eigenvalue weighted by molar-refractivity contribution is 9.10. The molecule has 13 nitrogen and oxygen atoms in total. The molecule has 5 heterocycles. The lowest BCUT2D eigenvalue weighted by Gasteiger charge is -2.21. The number of nitrogens with one attached hydrogen (secondary N) is 2. The number of carbonyl (C=O) groups excluding carboxylic acids is 4. The van der Waals surface area contributed by atoms with E-state index in [0.29, 0.717) is 73.1 Å². The van der Waals surface area contributed by atoms with E-state index in [1.807, 2.05) is 24.3 Å². The van der Waals surface area contributed by atoms with Crippen LogP contribution < -0.4 is 4.74 Å². The molecule has 376 valence electrons. The molecule has 0 saturated carbocycles. The summed E-state index contributed by atoms with van der Waals surface area (Å²) in [4.78, 5) is 72.8. The van der Waals surface area contributed by atoms with Gasteiger partial charge in [-0.1, -0.05) is 27.7 Å². The number of ether oxygens (including phenoxy) is 5. The molecule has 0 unspecified atom stereocenters. The number of benzene rings is 2. The van der Waals surface area contributed by atoms with Crippen molar-refractivity contribution in [1.29, 1.82) is 0 Å². The molecule has 3 aromatic heterocycles. The van der Waals surface area contributed by atoms with Crippen LogP contribution in [0.4, 0.5) is 0 Å². The van der Waals surface area contributed by atoms with Crippen molar-refractivity contribution in [3.63, 3.8) is 0 Å². The number of aromatic nitrogens is 4. The van der Waals surface area contributed by atoms with E-state index in [4.69, 9.17) is 33.7 Å². The molecule has 7 rings (SSSR count). The van der Waals surface area contributed by atoms with Crippen LogP contribution in [-0.2, 0) is 42.6 Å². The highest BCUT2D eigenvalue weighted by Gasteiger charge is 2.34. The summed E-state index contributed by atoms with van der Waals surface area (Å²) >= 11 is 3.98. The second-order valence-electron chi connectivity index (χ2n) is 23.8. The summed E-state index contributed by atoms with van der Waals surface area (Å²) in [6, 6.07) is 17.8. The number of aromatic amines is 2. The first-order valence-electron chi connectivity index (χ1n) is 23.8. The van der Waals surface area contributed by atoms with Gasteiger partial charge < -0.3 is 33.7 Å². The maximum absolute atomic E-state index is 13.8. The van der Waals surface area contributed by atoms with Crippen molar-refractivity contribution < 1.29 is 42.9 Å². The Kier molecular flexibility index (Phi) is 13.6. The number of carbonyl (C=O) groups is 4. The number of esters is 4. The highest BCUT2D eigenvalue weighted by Crippen LogP contribution is 2.43. The SMILES string of the molecule is COc1c2nc(cc3cc(-c4cc(C(=O)OC(C)(C)C)cc(C(=O)OC(C)(C)C)c4)c([nH]3)c(Br)c3nc(cc4cc(-c5cc(C(=O)OC(C)(C)C)cc(C(=O)OC(C)(C)C)c5)c1[nH]4)C(C)(C)C3)C(C)(C)C2. The lowest BCUT2D eigenvalue weighted by Crippen LogP contribution is -2.25. The number of H-pyrrole nitrogens is 2. The average molecular weight is 1030 g/mol. The molecule has 0 amide bonds. The van der Waals surface area contributed by atoms with Crippen LogP contribution in [0.1, 0.15) is 175 Å². The van der Waals surface area contributed by atoms with Gasteiger partial charge in [-0.2, -0.15) is 0 Å². The Morgan fingerprint density at radius 1 is 0.493 bits per heavy atom. The molecule has 8 bridgehead atoms. The Balaban J connectivity index is 1.56. The number of rotatable bonds is 7. The van der Waals surface area contributed by atoms with Crippen LogP contribution in [0.15, 0.2) is 65.1 Å². The minimum Gasteiger partial charge on any atom is -0.493 e. The summed E-state index contributed by atoms with van der Waals surface area (Å²) in [5.41, 5.74) is 4.72. The Morgan fingerprint density at radius 2 is 0.817 bits per heavy atom. The van der Waals surface area contributed by atoms with Gasteiger partial charge >= 0.3 is 23.9 Å². The summed E-state index contributed by atoms with van der Waals surface area (Å²) in [5.74, 6) is -1.87. The Hall–Kier alpha value is -6.28. The van der Waals surface area contributed by atoms with E-state index < -0.39 is 57.1 Å². The Morgan fingerprint density at radius 3 is 1.17 bits per heavy atom. The summed E-state index contributed by atoms with van der Waals surface area (Å²) in [6.45, 7) is 30.0. The Bertz CT molecular complexity index is 3070. The topological polar surface area (TPSA) is 172 Å². The summed E-state index contributed by atoms with van der Waals surface area (Å²) in [5, 5.41) is 0. The van der Waals surface area contributed by atoms with Gasteiger partial charge in [0.1, 0.15) is 22.4 Å². The molecule has 14 heteroatoms. The number of fused-ring (bicyclic) bond motifs is 8. The van der Waals surface area contributed by atoms with Gasteiger partial charge in [0.2, 0.25) is 0 Å². The third kappa shape index (κ3) is 12.1. The predicted molar refractivity (Wildman–Crippen MR) is 280 cm³/mol. The first-order chi connectivity index (χ1) is 32.6. The van der Waals surface area contributed by atoms with Crippen molar-refractivity contribution in [2.45, 2.75) is 157 Å². The van der Waals surface area contributed by atoms with E-state index in [2.05, 4.69) is 53.6 Å². The van der Waals surface area contributed by atoms with Crippen molar-refractivity contribution >= 4 is 61.9 Å². The van der Waals surface area contributed by atoms with Crippen LogP contribution in [-0.4, -0.2) is 73.3 Å². The number of halogens is 1. The molecular formula is C57H67BrN4O9. The molecule has 2 N–H and O–H groups in total. The lowest BCUT2D eigenvalue weighted by atomic mass is 9.86. The summed E-state index contributed by atoms with van der Waals surface area (Å²) in [6.07, 6.45) is 1.04. The van der Waals surface area contributed by atoms with Gasteiger partial charge in [0.25, 0.3) is 0 Å². The largest absolute Gasteiger partial charge is 0.493 e. The third-order valence-electron chi connectivity index (χ3n) is 11.6. The van der Waals surface area contributed by atoms with Crippen molar-refractivity contribution in [3.05, 3.63) is 110 Å². The molecule has 2 aliphatic rings. The van der Waals surface area contributed by atoms with E-state index in [0.717, 1.165) is 17.1 Å². The Labute approximate surface area is 425 Å². The van der Waals surface area contributed by atoms with Crippen LogP contribution >= 0.6 is 15.9 Å².